The Labute approximate surface area is 104 Å². The van der Waals surface area contributed by atoms with Gasteiger partial charge in [-0.25, -0.2) is 4.68 Å². The van der Waals surface area contributed by atoms with Gasteiger partial charge in [-0.05, 0) is 24.6 Å². The van der Waals surface area contributed by atoms with Crippen molar-refractivity contribution in [3.05, 3.63) is 47.8 Å². The van der Waals surface area contributed by atoms with Gasteiger partial charge in [0.1, 0.15) is 0 Å². The third-order valence-electron chi connectivity index (χ3n) is 2.17. The summed E-state index contributed by atoms with van der Waals surface area (Å²) in [5.74, 6) is 0. The highest BCUT2D eigenvalue weighted by atomic mass is 19.4. The monoisotopic (exact) mass is 256 g/mol. The molecule has 0 saturated carbocycles. The van der Waals surface area contributed by atoms with Gasteiger partial charge >= 0.3 is 6.18 Å². The largest absolute Gasteiger partial charge is 0.418 e. The van der Waals surface area contributed by atoms with Crippen LogP contribution in [-0.2, 0) is 6.18 Å². The number of para-hydroxylation sites is 1. The fourth-order valence-corrected chi connectivity index (χ4v) is 1.46. The van der Waals surface area contributed by atoms with Gasteiger partial charge in [-0.2, -0.15) is 18.3 Å². The fraction of sp³-hybridized carbons (Fsp3) is 0.308. The lowest BCUT2D eigenvalue weighted by Gasteiger charge is -2.12. The van der Waals surface area contributed by atoms with Gasteiger partial charge in [0, 0.05) is 6.20 Å². The third-order valence-corrected chi connectivity index (χ3v) is 2.17. The van der Waals surface area contributed by atoms with E-state index in [1.165, 1.54) is 23.0 Å². The molecule has 0 aliphatic rings. The number of nitrogens with zero attached hydrogens (tertiary/aromatic N) is 2. The van der Waals surface area contributed by atoms with Crippen LogP contribution < -0.4 is 0 Å². The van der Waals surface area contributed by atoms with E-state index in [-0.39, 0.29) is 5.69 Å². The number of rotatable bonds is 1. The van der Waals surface area contributed by atoms with Crippen LogP contribution in [0.1, 0.15) is 25.0 Å². The minimum atomic E-state index is -4.36. The van der Waals surface area contributed by atoms with E-state index in [1.807, 2.05) is 13.8 Å². The number of aryl methyl sites for hydroxylation is 1. The number of benzene rings is 1. The average molecular weight is 256 g/mol. The molecule has 1 aromatic heterocycles. The molecular weight excluding hydrogens is 241 g/mol. The molecule has 0 amide bonds. The highest BCUT2D eigenvalue weighted by molar-refractivity contribution is 5.42. The van der Waals surface area contributed by atoms with Gasteiger partial charge in [0.2, 0.25) is 0 Å². The zero-order valence-corrected chi connectivity index (χ0v) is 10.5. The molecule has 0 N–H and O–H groups in total. The van der Waals surface area contributed by atoms with E-state index < -0.39 is 11.7 Å². The van der Waals surface area contributed by atoms with Gasteiger partial charge < -0.3 is 0 Å². The zero-order valence-electron chi connectivity index (χ0n) is 10.5. The van der Waals surface area contributed by atoms with E-state index >= 15 is 0 Å². The Morgan fingerprint density at radius 2 is 1.72 bits per heavy atom. The highest BCUT2D eigenvalue weighted by Crippen LogP contribution is 2.33. The Bertz CT molecular complexity index is 501. The minimum Gasteiger partial charge on any atom is -0.240 e. The maximum Gasteiger partial charge on any atom is 0.418 e. The molecule has 18 heavy (non-hydrogen) atoms. The molecule has 0 atom stereocenters. The number of halogens is 3. The quantitative estimate of drug-likeness (QED) is 0.746. The van der Waals surface area contributed by atoms with Crippen molar-refractivity contribution in [3.8, 4) is 5.69 Å². The molecule has 0 fully saturated rings. The lowest BCUT2D eigenvalue weighted by molar-refractivity contribution is -0.137. The summed E-state index contributed by atoms with van der Waals surface area (Å²) in [4.78, 5) is 0. The summed E-state index contributed by atoms with van der Waals surface area (Å²) < 4.78 is 39.3. The van der Waals surface area contributed by atoms with Crippen LogP contribution in [0.4, 0.5) is 13.2 Å². The number of hydrogen-bond donors (Lipinski definition) is 0. The number of aromatic nitrogens is 2. The van der Waals surface area contributed by atoms with E-state index in [0.717, 1.165) is 11.6 Å². The first-order valence-electron chi connectivity index (χ1n) is 5.66. The standard InChI is InChI=1S/C11H9F3N2.C2H6/c1-8-6-15-16(7-8)10-5-3-2-4-9(10)11(12,13)14;1-2/h2-7H,1H3;1-2H3. The Morgan fingerprint density at radius 1 is 1.11 bits per heavy atom. The molecule has 0 aliphatic carbocycles. The van der Waals surface area contributed by atoms with Crippen LogP contribution in [-0.4, -0.2) is 9.78 Å². The fourth-order valence-electron chi connectivity index (χ4n) is 1.46. The van der Waals surface area contributed by atoms with Gasteiger partial charge in [0.05, 0.1) is 17.4 Å². The van der Waals surface area contributed by atoms with Gasteiger partial charge in [-0.1, -0.05) is 26.0 Å². The number of alkyl halides is 3. The molecule has 0 aliphatic heterocycles. The second kappa shape index (κ2) is 5.71. The van der Waals surface area contributed by atoms with Crippen LogP contribution in [0.5, 0.6) is 0 Å². The van der Waals surface area contributed by atoms with Crippen LogP contribution in [0.25, 0.3) is 5.69 Å². The van der Waals surface area contributed by atoms with Crippen molar-refractivity contribution in [2.45, 2.75) is 26.9 Å². The van der Waals surface area contributed by atoms with Gasteiger partial charge in [-0.3, -0.25) is 0 Å². The molecule has 0 radical (unpaired) electrons. The molecule has 5 heteroatoms. The summed E-state index contributed by atoms with van der Waals surface area (Å²) in [6, 6.07) is 5.37. The van der Waals surface area contributed by atoms with Crippen molar-refractivity contribution in [1.29, 1.82) is 0 Å². The average Bonchev–Trinajstić information content (AvgIpc) is 2.77. The van der Waals surface area contributed by atoms with E-state index in [1.54, 1.807) is 19.2 Å². The lowest BCUT2D eigenvalue weighted by Crippen LogP contribution is -2.10. The Morgan fingerprint density at radius 3 is 2.22 bits per heavy atom. The smallest absolute Gasteiger partial charge is 0.240 e. The third kappa shape index (κ3) is 3.12. The molecule has 2 rings (SSSR count). The maximum atomic E-state index is 12.7. The Kier molecular flexibility index (Phi) is 4.53. The molecule has 0 saturated heterocycles. The summed E-state index contributed by atoms with van der Waals surface area (Å²) in [5.41, 5.74) is 0.179. The molecule has 0 bridgehead atoms. The zero-order chi connectivity index (χ0) is 13.8. The van der Waals surface area contributed by atoms with Crippen molar-refractivity contribution in [2.75, 3.05) is 0 Å². The molecule has 0 spiro atoms. The van der Waals surface area contributed by atoms with Crippen molar-refractivity contribution >= 4 is 0 Å². The molecule has 0 unspecified atom stereocenters. The molecule has 98 valence electrons. The molecular formula is C13H15F3N2. The SMILES string of the molecule is CC.Cc1cnn(-c2ccccc2C(F)(F)F)c1. The minimum absolute atomic E-state index is 0.0445. The van der Waals surface area contributed by atoms with Crippen LogP contribution in [0.3, 0.4) is 0 Å². The number of hydrogen-bond acceptors (Lipinski definition) is 1. The lowest BCUT2D eigenvalue weighted by atomic mass is 10.1. The second-order valence-electron chi connectivity index (χ2n) is 3.48. The first kappa shape index (κ1) is 14.3. The highest BCUT2D eigenvalue weighted by Gasteiger charge is 2.33. The van der Waals surface area contributed by atoms with Crippen molar-refractivity contribution < 1.29 is 13.2 Å². The topological polar surface area (TPSA) is 17.8 Å². The summed E-state index contributed by atoms with van der Waals surface area (Å²) in [5, 5.41) is 3.88. The van der Waals surface area contributed by atoms with Crippen LogP contribution in [0, 0.1) is 6.92 Å². The first-order chi connectivity index (χ1) is 8.48. The van der Waals surface area contributed by atoms with Crippen LogP contribution >= 0.6 is 0 Å². The van der Waals surface area contributed by atoms with Gasteiger partial charge in [0.25, 0.3) is 0 Å². The van der Waals surface area contributed by atoms with E-state index in [4.69, 9.17) is 0 Å². The van der Waals surface area contributed by atoms with Crippen molar-refractivity contribution in [2.24, 2.45) is 0 Å². The van der Waals surface area contributed by atoms with E-state index in [2.05, 4.69) is 5.10 Å². The summed E-state index contributed by atoms with van der Waals surface area (Å²) in [6.45, 7) is 5.78. The van der Waals surface area contributed by atoms with Crippen molar-refractivity contribution in [1.82, 2.24) is 9.78 Å². The molecule has 2 nitrogen and oxygen atoms in total. The van der Waals surface area contributed by atoms with Gasteiger partial charge in [-0.15, -0.1) is 0 Å². The van der Waals surface area contributed by atoms with Gasteiger partial charge in [0.15, 0.2) is 0 Å². The van der Waals surface area contributed by atoms with Crippen LogP contribution in [0.15, 0.2) is 36.7 Å². The first-order valence-corrected chi connectivity index (χ1v) is 5.66. The summed E-state index contributed by atoms with van der Waals surface area (Å²) in [7, 11) is 0. The summed E-state index contributed by atoms with van der Waals surface area (Å²) in [6.07, 6.45) is -1.28. The van der Waals surface area contributed by atoms with Crippen LogP contribution in [0.2, 0.25) is 0 Å². The molecule has 2 aromatic rings. The normalized spacial score (nSPS) is 10.8. The second-order valence-corrected chi connectivity index (χ2v) is 3.48. The van der Waals surface area contributed by atoms with E-state index in [0.29, 0.717) is 0 Å². The summed E-state index contributed by atoms with van der Waals surface area (Å²) >= 11 is 0. The maximum absolute atomic E-state index is 12.7. The predicted molar refractivity (Wildman–Crippen MR) is 64.7 cm³/mol. The molecule has 1 heterocycles. The Hall–Kier alpha value is -1.78. The van der Waals surface area contributed by atoms with Crippen molar-refractivity contribution in [3.63, 3.8) is 0 Å². The Balaban J connectivity index is 0.000000771. The van der Waals surface area contributed by atoms with E-state index in [9.17, 15) is 13.2 Å². The predicted octanol–water partition coefficient (Wildman–Crippen LogP) is 4.23. The molecule has 1 aromatic carbocycles.